The predicted octanol–water partition coefficient (Wildman–Crippen LogP) is 1.63. The van der Waals surface area contributed by atoms with Gasteiger partial charge in [0.05, 0.1) is 13.2 Å². The Morgan fingerprint density at radius 2 is 1.86 bits per heavy atom. The average molecular weight is 292 g/mol. The number of aliphatic hydroxyl groups is 1. The maximum absolute atomic E-state index is 9.06. The van der Waals surface area contributed by atoms with Crippen molar-refractivity contribution in [2.24, 2.45) is 5.92 Å². The first-order chi connectivity index (χ1) is 10.3. The minimum Gasteiger partial charge on any atom is -0.392 e. The number of hydrogen-bond donors (Lipinski definition) is 2. The number of rotatable bonds is 8. The third kappa shape index (κ3) is 5.75. The Balaban J connectivity index is 1.66. The van der Waals surface area contributed by atoms with Crippen LogP contribution in [0.3, 0.4) is 0 Å². The molecule has 21 heavy (non-hydrogen) atoms. The lowest BCUT2D eigenvalue weighted by Gasteiger charge is -2.32. The highest BCUT2D eigenvalue weighted by Crippen LogP contribution is 2.18. The van der Waals surface area contributed by atoms with Crippen molar-refractivity contribution in [3.63, 3.8) is 0 Å². The van der Waals surface area contributed by atoms with Gasteiger partial charge in [0.15, 0.2) is 0 Å². The van der Waals surface area contributed by atoms with Gasteiger partial charge >= 0.3 is 0 Å². The first-order valence-electron chi connectivity index (χ1n) is 7.92. The van der Waals surface area contributed by atoms with E-state index in [1.54, 1.807) is 7.11 Å². The van der Waals surface area contributed by atoms with Crippen LogP contribution in [-0.4, -0.2) is 49.9 Å². The number of benzene rings is 1. The summed E-state index contributed by atoms with van der Waals surface area (Å²) in [6.45, 7) is 6.37. The van der Waals surface area contributed by atoms with Gasteiger partial charge in [0.2, 0.25) is 0 Å². The highest BCUT2D eigenvalue weighted by atomic mass is 16.5. The third-order valence-corrected chi connectivity index (χ3v) is 4.23. The molecule has 1 saturated heterocycles. The van der Waals surface area contributed by atoms with Crippen LogP contribution in [0.2, 0.25) is 0 Å². The number of methoxy groups -OCH3 is 1. The topological polar surface area (TPSA) is 44.7 Å². The molecule has 0 aliphatic carbocycles. The fourth-order valence-corrected chi connectivity index (χ4v) is 2.84. The van der Waals surface area contributed by atoms with E-state index in [2.05, 4.69) is 22.3 Å². The minimum atomic E-state index is 0.127. The SMILES string of the molecule is COCCNCC1CCN(Cc2ccc(CO)cc2)CC1. The smallest absolute Gasteiger partial charge is 0.0681 e. The van der Waals surface area contributed by atoms with Gasteiger partial charge in [-0.2, -0.15) is 0 Å². The van der Waals surface area contributed by atoms with Crippen LogP contribution in [-0.2, 0) is 17.9 Å². The Morgan fingerprint density at radius 3 is 2.48 bits per heavy atom. The zero-order chi connectivity index (χ0) is 14.9. The van der Waals surface area contributed by atoms with E-state index in [1.807, 2.05) is 12.1 Å². The molecule has 0 radical (unpaired) electrons. The molecule has 0 spiro atoms. The lowest BCUT2D eigenvalue weighted by atomic mass is 9.96. The second kappa shape index (κ2) is 9.15. The summed E-state index contributed by atoms with van der Waals surface area (Å²) in [6, 6.07) is 8.29. The fourth-order valence-electron chi connectivity index (χ4n) is 2.84. The molecule has 0 amide bonds. The van der Waals surface area contributed by atoms with Crippen molar-refractivity contribution in [3.05, 3.63) is 35.4 Å². The molecule has 1 aromatic carbocycles. The normalized spacial score (nSPS) is 17.2. The Hall–Kier alpha value is -0.940. The molecule has 0 unspecified atom stereocenters. The van der Waals surface area contributed by atoms with Crippen LogP contribution in [0.15, 0.2) is 24.3 Å². The van der Waals surface area contributed by atoms with E-state index in [0.717, 1.165) is 37.7 Å². The molecule has 0 atom stereocenters. The first-order valence-corrected chi connectivity index (χ1v) is 7.92. The van der Waals surface area contributed by atoms with Gasteiger partial charge in [-0.25, -0.2) is 0 Å². The van der Waals surface area contributed by atoms with Crippen LogP contribution < -0.4 is 5.32 Å². The van der Waals surface area contributed by atoms with Gasteiger partial charge in [-0.1, -0.05) is 24.3 Å². The maximum Gasteiger partial charge on any atom is 0.0681 e. The lowest BCUT2D eigenvalue weighted by Crippen LogP contribution is -2.37. The number of likely N-dealkylation sites (tertiary alicyclic amines) is 1. The van der Waals surface area contributed by atoms with Gasteiger partial charge in [-0.3, -0.25) is 4.90 Å². The standard InChI is InChI=1S/C17H28N2O2/c1-21-11-8-18-12-15-6-9-19(10-7-15)13-16-2-4-17(14-20)5-3-16/h2-5,15,18,20H,6-14H2,1H3. The molecule has 1 aromatic rings. The number of ether oxygens (including phenoxy) is 1. The third-order valence-electron chi connectivity index (χ3n) is 4.23. The number of hydrogen-bond acceptors (Lipinski definition) is 4. The minimum absolute atomic E-state index is 0.127. The molecule has 4 nitrogen and oxygen atoms in total. The highest BCUT2D eigenvalue weighted by molar-refractivity contribution is 5.21. The van der Waals surface area contributed by atoms with Crippen LogP contribution in [0.4, 0.5) is 0 Å². The first kappa shape index (κ1) is 16.4. The van der Waals surface area contributed by atoms with E-state index in [1.165, 1.54) is 31.5 Å². The Labute approximate surface area is 128 Å². The van der Waals surface area contributed by atoms with Crippen molar-refractivity contribution in [2.45, 2.75) is 26.0 Å². The van der Waals surface area contributed by atoms with Gasteiger partial charge in [0.25, 0.3) is 0 Å². The van der Waals surface area contributed by atoms with E-state index >= 15 is 0 Å². The Bertz CT molecular complexity index is 386. The predicted molar refractivity (Wildman–Crippen MR) is 85.1 cm³/mol. The second-order valence-corrected chi connectivity index (χ2v) is 5.89. The fraction of sp³-hybridized carbons (Fsp3) is 0.647. The number of nitrogens with one attached hydrogen (secondary N) is 1. The molecule has 4 heteroatoms. The molecule has 1 aliphatic rings. The van der Waals surface area contributed by atoms with Crippen LogP contribution in [0.25, 0.3) is 0 Å². The molecule has 1 fully saturated rings. The zero-order valence-electron chi connectivity index (χ0n) is 13.1. The van der Waals surface area contributed by atoms with Crippen LogP contribution >= 0.6 is 0 Å². The summed E-state index contributed by atoms with van der Waals surface area (Å²) in [7, 11) is 1.74. The van der Waals surface area contributed by atoms with Gasteiger partial charge < -0.3 is 15.2 Å². The van der Waals surface area contributed by atoms with Crippen molar-refractivity contribution in [1.29, 1.82) is 0 Å². The molecule has 118 valence electrons. The summed E-state index contributed by atoms with van der Waals surface area (Å²) in [5, 5.41) is 12.5. The van der Waals surface area contributed by atoms with Crippen molar-refractivity contribution in [2.75, 3.05) is 39.9 Å². The summed E-state index contributed by atoms with van der Waals surface area (Å²) in [4.78, 5) is 2.53. The monoisotopic (exact) mass is 292 g/mol. The van der Waals surface area contributed by atoms with Crippen molar-refractivity contribution < 1.29 is 9.84 Å². The van der Waals surface area contributed by atoms with E-state index in [-0.39, 0.29) is 6.61 Å². The Kier molecular flexibility index (Phi) is 7.16. The zero-order valence-corrected chi connectivity index (χ0v) is 13.1. The molecule has 2 N–H and O–H groups in total. The molecular weight excluding hydrogens is 264 g/mol. The summed E-state index contributed by atoms with van der Waals surface area (Å²) in [5.41, 5.74) is 2.32. The van der Waals surface area contributed by atoms with Gasteiger partial charge in [-0.15, -0.1) is 0 Å². The average Bonchev–Trinajstić information content (AvgIpc) is 2.54. The summed E-state index contributed by atoms with van der Waals surface area (Å²) >= 11 is 0. The van der Waals surface area contributed by atoms with Crippen LogP contribution in [0, 0.1) is 5.92 Å². The number of nitrogens with zero attached hydrogens (tertiary/aromatic N) is 1. The van der Waals surface area contributed by atoms with Crippen LogP contribution in [0.5, 0.6) is 0 Å². The number of piperidine rings is 1. The highest BCUT2D eigenvalue weighted by Gasteiger charge is 2.18. The van der Waals surface area contributed by atoms with Gasteiger partial charge in [-0.05, 0) is 49.5 Å². The van der Waals surface area contributed by atoms with Crippen molar-refractivity contribution in [1.82, 2.24) is 10.2 Å². The van der Waals surface area contributed by atoms with Gasteiger partial charge in [0.1, 0.15) is 0 Å². The van der Waals surface area contributed by atoms with E-state index < -0.39 is 0 Å². The van der Waals surface area contributed by atoms with E-state index in [0.29, 0.717) is 0 Å². The summed E-state index contributed by atoms with van der Waals surface area (Å²) in [5.74, 6) is 0.801. The van der Waals surface area contributed by atoms with E-state index in [9.17, 15) is 0 Å². The molecule has 1 heterocycles. The molecule has 0 bridgehead atoms. The van der Waals surface area contributed by atoms with E-state index in [4.69, 9.17) is 9.84 Å². The van der Waals surface area contributed by atoms with Crippen molar-refractivity contribution >= 4 is 0 Å². The Morgan fingerprint density at radius 1 is 1.19 bits per heavy atom. The lowest BCUT2D eigenvalue weighted by molar-refractivity contribution is 0.168. The summed E-state index contributed by atoms with van der Waals surface area (Å²) < 4.78 is 5.04. The molecule has 2 rings (SSSR count). The quantitative estimate of drug-likeness (QED) is 0.715. The van der Waals surface area contributed by atoms with Crippen LogP contribution in [0.1, 0.15) is 24.0 Å². The van der Waals surface area contributed by atoms with Gasteiger partial charge in [0, 0.05) is 20.2 Å². The molecule has 1 aliphatic heterocycles. The summed E-state index contributed by atoms with van der Waals surface area (Å²) in [6.07, 6.45) is 2.55. The maximum atomic E-state index is 9.06. The number of aliphatic hydroxyl groups excluding tert-OH is 1. The van der Waals surface area contributed by atoms with Crippen molar-refractivity contribution in [3.8, 4) is 0 Å². The largest absolute Gasteiger partial charge is 0.392 e. The molecular formula is C17H28N2O2. The molecule has 0 saturated carbocycles. The molecule has 0 aromatic heterocycles. The second-order valence-electron chi connectivity index (χ2n) is 5.89.